The quantitative estimate of drug-likeness (QED) is 0.484. The molecule has 0 radical (unpaired) electrons. The molecule has 0 aliphatic heterocycles. The predicted octanol–water partition coefficient (Wildman–Crippen LogP) is -0.504. The van der Waals surface area contributed by atoms with Crippen LogP contribution in [0, 0.1) is 0 Å². The summed E-state index contributed by atoms with van der Waals surface area (Å²) >= 11 is 0. The summed E-state index contributed by atoms with van der Waals surface area (Å²) < 4.78 is 0. The highest BCUT2D eigenvalue weighted by Gasteiger charge is 2.14. The normalized spacial score (nSPS) is 12.1. The first-order valence-corrected chi connectivity index (χ1v) is 4.89. The molecule has 5 nitrogen and oxygen atoms in total. The Morgan fingerprint density at radius 2 is 2.00 bits per heavy atom. The van der Waals surface area contributed by atoms with Gasteiger partial charge in [0.1, 0.15) is 0 Å². The zero-order valence-corrected chi connectivity index (χ0v) is 8.58. The van der Waals surface area contributed by atoms with Gasteiger partial charge in [0.15, 0.2) is 0 Å². The number of unbranched alkanes of at least 4 members (excludes halogenated alkanes) is 2. The van der Waals surface area contributed by atoms with Gasteiger partial charge in [0.2, 0.25) is 11.8 Å². The molecule has 0 fully saturated rings. The summed E-state index contributed by atoms with van der Waals surface area (Å²) in [7, 11) is 0. The largest absolute Gasteiger partial charge is 0.370 e. The van der Waals surface area contributed by atoms with E-state index in [0.717, 1.165) is 19.3 Å². The zero-order chi connectivity index (χ0) is 11.0. The molecule has 0 saturated carbocycles. The predicted molar refractivity (Wildman–Crippen MR) is 54.3 cm³/mol. The lowest BCUT2D eigenvalue weighted by molar-refractivity contribution is -0.126. The topological polar surface area (TPSA) is 98.2 Å². The maximum absolute atomic E-state index is 11.2. The van der Waals surface area contributed by atoms with Gasteiger partial charge in [-0.1, -0.05) is 19.8 Å². The highest BCUT2D eigenvalue weighted by atomic mass is 16.2. The van der Waals surface area contributed by atoms with Gasteiger partial charge in [0, 0.05) is 6.54 Å². The van der Waals surface area contributed by atoms with E-state index < -0.39 is 11.9 Å². The van der Waals surface area contributed by atoms with Crippen molar-refractivity contribution in [3.05, 3.63) is 0 Å². The Bertz CT molecular complexity index is 194. The Morgan fingerprint density at radius 1 is 1.36 bits per heavy atom. The van der Waals surface area contributed by atoms with Crippen molar-refractivity contribution in [3.63, 3.8) is 0 Å². The van der Waals surface area contributed by atoms with Crippen molar-refractivity contribution in [1.29, 1.82) is 0 Å². The van der Waals surface area contributed by atoms with E-state index in [-0.39, 0.29) is 12.3 Å². The first-order chi connectivity index (χ1) is 6.57. The van der Waals surface area contributed by atoms with E-state index in [2.05, 4.69) is 12.2 Å². The summed E-state index contributed by atoms with van der Waals surface area (Å²) in [5.74, 6) is -0.860. The summed E-state index contributed by atoms with van der Waals surface area (Å²) in [5, 5.41) is 2.65. The second-order valence-electron chi connectivity index (χ2n) is 3.28. The van der Waals surface area contributed by atoms with Crippen molar-refractivity contribution < 1.29 is 9.59 Å². The molecule has 1 atom stereocenters. The summed E-state index contributed by atoms with van der Waals surface area (Å²) in [6.45, 7) is 2.69. The summed E-state index contributed by atoms with van der Waals surface area (Å²) in [6.07, 6.45) is 3.01. The third-order valence-corrected chi connectivity index (χ3v) is 1.84. The van der Waals surface area contributed by atoms with Gasteiger partial charge in [-0.25, -0.2) is 0 Å². The molecular weight excluding hydrogens is 182 g/mol. The number of primary amides is 1. The average Bonchev–Trinajstić information content (AvgIpc) is 2.11. The number of hydrogen-bond acceptors (Lipinski definition) is 3. The minimum Gasteiger partial charge on any atom is -0.370 e. The van der Waals surface area contributed by atoms with Crippen molar-refractivity contribution >= 4 is 11.8 Å². The fourth-order valence-electron chi connectivity index (χ4n) is 1.03. The van der Waals surface area contributed by atoms with E-state index in [1.807, 2.05) is 0 Å². The van der Waals surface area contributed by atoms with E-state index in [1.54, 1.807) is 0 Å². The number of nitrogens with one attached hydrogen (secondary N) is 1. The summed E-state index contributed by atoms with van der Waals surface area (Å²) in [6, 6.07) is -0.811. The second kappa shape index (κ2) is 7.32. The van der Waals surface area contributed by atoms with Gasteiger partial charge in [0.25, 0.3) is 0 Å². The van der Waals surface area contributed by atoms with Crippen molar-refractivity contribution in [3.8, 4) is 0 Å². The summed E-state index contributed by atoms with van der Waals surface area (Å²) in [4.78, 5) is 21.7. The lowest BCUT2D eigenvalue weighted by atomic mass is 10.2. The molecule has 0 aliphatic rings. The smallest absolute Gasteiger partial charge is 0.237 e. The Morgan fingerprint density at radius 3 is 2.50 bits per heavy atom. The molecule has 0 aromatic heterocycles. The van der Waals surface area contributed by atoms with E-state index in [0.29, 0.717) is 6.54 Å². The van der Waals surface area contributed by atoms with Crippen molar-refractivity contribution in [2.75, 3.05) is 6.54 Å². The molecule has 82 valence electrons. The highest BCUT2D eigenvalue weighted by molar-refractivity contribution is 5.87. The van der Waals surface area contributed by atoms with Crippen LogP contribution in [0.3, 0.4) is 0 Å². The number of hydrogen-bond donors (Lipinski definition) is 3. The Balaban J connectivity index is 3.57. The first kappa shape index (κ1) is 12.9. The molecule has 0 rings (SSSR count). The van der Waals surface area contributed by atoms with Crippen LogP contribution in [0.25, 0.3) is 0 Å². The minimum atomic E-state index is -0.811. The highest BCUT2D eigenvalue weighted by Crippen LogP contribution is 1.92. The standard InChI is InChI=1S/C9H19N3O2/c1-2-3-4-5-12-9(14)7(10)6-8(11)13/h7H,2-6,10H2,1H3,(H2,11,13)(H,12,14). The van der Waals surface area contributed by atoms with Crippen LogP contribution in [0.2, 0.25) is 0 Å². The average molecular weight is 201 g/mol. The molecule has 2 amide bonds. The fraction of sp³-hybridized carbons (Fsp3) is 0.778. The molecule has 14 heavy (non-hydrogen) atoms. The van der Waals surface area contributed by atoms with Gasteiger partial charge < -0.3 is 16.8 Å². The van der Waals surface area contributed by atoms with Crippen LogP contribution in [0.4, 0.5) is 0 Å². The Kier molecular flexibility index (Phi) is 6.74. The molecule has 0 heterocycles. The molecule has 5 heteroatoms. The SMILES string of the molecule is CCCCCNC(=O)C(N)CC(N)=O. The van der Waals surface area contributed by atoms with Gasteiger partial charge >= 0.3 is 0 Å². The monoisotopic (exact) mass is 201 g/mol. The molecule has 0 bridgehead atoms. The van der Waals surface area contributed by atoms with Crippen molar-refractivity contribution in [2.45, 2.75) is 38.6 Å². The van der Waals surface area contributed by atoms with Crippen LogP contribution in [0.5, 0.6) is 0 Å². The number of nitrogens with two attached hydrogens (primary N) is 2. The van der Waals surface area contributed by atoms with Crippen molar-refractivity contribution in [1.82, 2.24) is 5.32 Å². The van der Waals surface area contributed by atoms with Crippen LogP contribution in [-0.2, 0) is 9.59 Å². The number of carbonyl (C=O) groups is 2. The first-order valence-electron chi connectivity index (χ1n) is 4.89. The Hall–Kier alpha value is -1.10. The van der Waals surface area contributed by atoms with Crippen LogP contribution < -0.4 is 16.8 Å². The number of rotatable bonds is 7. The van der Waals surface area contributed by atoms with E-state index in [4.69, 9.17) is 11.5 Å². The minimum absolute atomic E-state index is 0.0976. The van der Waals surface area contributed by atoms with E-state index in [1.165, 1.54) is 0 Å². The molecule has 1 unspecified atom stereocenters. The van der Waals surface area contributed by atoms with E-state index in [9.17, 15) is 9.59 Å². The van der Waals surface area contributed by atoms with Gasteiger partial charge in [-0.2, -0.15) is 0 Å². The number of carbonyl (C=O) groups excluding carboxylic acids is 2. The molecule has 0 aliphatic carbocycles. The van der Waals surface area contributed by atoms with Crippen LogP contribution in [-0.4, -0.2) is 24.4 Å². The molecule has 5 N–H and O–H groups in total. The fourth-order valence-corrected chi connectivity index (χ4v) is 1.03. The summed E-state index contributed by atoms with van der Waals surface area (Å²) in [5.41, 5.74) is 10.3. The molecular formula is C9H19N3O2. The second-order valence-corrected chi connectivity index (χ2v) is 3.28. The number of amides is 2. The molecule has 0 aromatic carbocycles. The Labute approximate surface area is 84.2 Å². The molecule has 0 spiro atoms. The zero-order valence-electron chi connectivity index (χ0n) is 8.58. The van der Waals surface area contributed by atoms with Crippen LogP contribution in [0.1, 0.15) is 32.6 Å². The lowest BCUT2D eigenvalue weighted by Gasteiger charge is -2.09. The van der Waals surface area contributed by atoms with Crippen molar-refractivity contribution in [2.24, 2.45) is 11.5 Å². The molecule has 0 saturated heterocycles. The van der Waals surface area contributed by atoms with Crippen LogP contribution >= 0.6 is 0 Å². The van der Waals surface area contributed by atoms with Gasteiger partial charge in [-0.15, -0.1) is 0 Å². The maximum Gasteiger partial charge on any atom is 0.237 e. The van der Waals surface area contributed by atoms with Gasteiger partial charge in [0.05, 0.1) is 12.5 Å². The van der Waals surface area contributed by atoms with Gasteiger partial charge in [-0.05, 0) is 6.42 Å². The van der Waals surface area contributed by atoms with Crippen LogP contribution in [0.15, 0.2) is 0 Å². The van der Waals surface area contributed by atoms with Gasteiger partial charge in [-0.3, -0.25) is 9.59 Å². The van der Waals surface area contributed by atoms with E-state index >= 15 is 0 Å². The third kappa shape index (κ3) is 6.42. The lowest BCUT2D eigenvalue weighted by Crippen LogP contribution is -2.43. The third-order valence-electron chi connectivity index (χ3n) is 1.84. The molecule has 0 aromatic rings. The maximum atomic E-state index is 11.2.